The number of rotatable bonds is 3. The molecule has 0 fully saturated rings. The molecule has 96 valence electrons. The molecule has 1 aromatic heterocycles. The molecule has 2 aromatic carbocycles. The summed E-state index contributed by atoms with van der Waals surface area (Å²) in [4.78, 5) is 2.18. The van der Waals surface area contributed by atoms with Crippen molar-refractivity contribution in [3.8, 4) is 0 Å². The molecule has 0 unspecified atom stereocenters. The molecule has 3 heteroatoms. The fraction of sp³-hybridized carbons (Fsp3) is 0.125. The van der Waals surface area contributed by atoms with Gasteiger partial charge < -0.3 is 15.1 Å². The number of fused-ring (bicyclic) bond motifs is 1. The molecule has 0 aliphatic rings. The summed E-state index contributed by atoms with van der Waals surface area (Å²) >= 11 is 0. The Labute approximate surface area is 112 Å². The third-order valence-corrected chi connectivity index (χ3v) is 3.30. The van der Waals surface area contributed by atoms with Crippen LogP contribution in [0.5, 0.6) is 0 Å². The molecular weight excluding hydrogens is 236 g/mol. The number of para-hydroxylation sites is 1. The lowest BCUT2D eigenvalue weighted by molar-refractivity contribution is 0.610. The van der Waals surface area contributed by atoms with Crippen molar-refractivity contribution in [1.29, 1.82) is 0 Å². The lowest BCUT2D eigenvalue weighted by Gasteiger charge is -2.18. The Kier molecular flexibility index (Phi) is 2.88. The zero-order valence-electron chi connectivity index (χ0n) is 10.8. The summed E-state index contributed by atoms with van der Waals surface area (Å²) in [5.74, 6) is 0. The van der Waals surface area contributed by atoms with Crippen LogP contribution in [0.1, 0.15) is 5.56 Å². The van der Waals surface area contributed by atoms with Gasteiger partial charge in [-0.15, -0.1) is 0 Å². The van der Waals surface area contributed by atoms with Gasteiger partial charge in [0.1, 0.15) is 5.58 Å². The smallest absolute Gasteiger partial charge is 0.134 e. The number of nitrogens with zero attached hydrogens (tertiary/aromatic N) is 1. The van der Waals surface area contributed by atoms with Crippen molar-refractivity contribution < 1.29 is 4.42 Å². The first kappa shape index (κ1) is 11.7. The maximum Gasteiger partial charge on any atom is 0.134 e. The Hall–Kier alpha value is -2.42. The minimum Gasteiger partial charge on any atom is -0.464 e. The number of furan rings is 1. The number of nitrogen functional groups attached to an aromatic ring is 1. The fourth-order valence-corrected chi connectivity index (χ4v) is 2.23. The minimum absolute atomic E-state index is 0.783. The molecule has 2 N–H and O–H groups in total. The van der Waals surface area contributed by atoms with E-state index in [0.29, 0.717) is 0 Å². The van der Waals surface area contributed by atoms with Crippen LogP contribution in [-0.4, -0.2) is 7.05 Å². The number of anilines is 2. The van der Waals surface area contributed by atoms with E-state index in [4.69, 9.17) is 10.2 Å². The van der Waals surface area contributed by atoms with Gasteiger partial charge in [0.25, 0.3) is 0 Å². The van der Waals surface area contributed by atoms with Crippen LogP contribution < -0.4 is 10.6 Å². The van der Waals surface area contributed by atoms with Gasteiger partial charge in [-0.1, -0.05) is 18.2 Å². The van der Waals surface area contributed by atoms with Crippen molar-refractivity contribution in [2.24, 2.45) is 0 Å². The third-order valence-electron chi connectivity index (χ3n) is 3.30. The predicted octanol–water partition coefficient (Wildman–Crippen LogP) is 3.65. The minimum atomic E-state index is 0.783. The first-order valence-electron chi connectivity index (χ1n) is 6.26. The molecule has 0 saturated carbocycles. The molecule has 0 saturated heterocycles. The molecular formula is C16H16N2O. The Morgan fingerprint density at radius 1 is 1.05 bits per heavy atom. The monoisotopic (exact) mass is 252 g/mol. The predicted molar refractivity (Wildman–Crippen MR) is 79.2 cm³/mol. The van der Waals surface area contributed by atoms with E-state index in [2.05, 4.69) is 18.0 Å². The van der Waals surface area contributed by atoms with Crippen molar-refractivity contribution in [2.45, 2.75) is 6.54 Å². The summed E-state index contributed by atoms with van der Waals surface area (Å²) in [5, 5.41) is 1.17. The van der Waals surface area contributed by atoms with Gasteiger partial charge in [-0.2, -0.15) is 0 Å². The van der Waals surface area contributed by atoms with Gasteiger partial charge in [0.2, 0.25) is 0 Å². The standard InChI is InChI=1S/C16H16N2O/c1-18(14-8-6-13(17)7-9-14)10-12-11-19-16-5-3-2-4-15(12)16/h2-9,11H,10,17H2,1H3. The molecule has 19 heavy (non-hydrogen) atoms. The van der Waals surface area contributed by atoms with Gasteiger partial charge >= 0.3 is 0 Å². The Balaban J connectivity index is 1.86. The second-order valence-corrected chi connectivity index (χ2v) is 4.70. The van der Waals surface area contributed by atoms with E-state index in [-0.39, 0.29) is 0 Å². The van der Waals surface area contributed by atoms with Crippen LogP contribution in [0.25, 0.3) is 11.0 Å². The van der Waals surface area contributed by atoms with Gasteiger partial charge in [-0.25, -0.2) is 0 Å². The molecule has 0 aliphatic heterocycles. The zero-order valence-corrected chi connectivity index (χ0v) is 10.8. The highest BCUT2D eigenvalue weighted by molar-refractivity contribution is 5.81. The van der Waals surface area contributed by atoms with Crippen LogP contribution in [-0.2, 0) is 6.54 Å². The van der Waals surface area contributed by atoms with Crippen LogP contribution in [0.15, 0.2) is 59.2 Å². The van der Waals surface area contributed by atoms with Crippen molar-refractivity contribution >= 4 is 22.3 Å². The molecule has 0 aliphatic carbocycles. The van der Waals surface area contributed by atoms with E-state index in [9.17, 15) is 0 Å². The summed E-state index contributed by atoms with van der Waals surface area (Å²) in [6, 6.07) is 16.0. The fourth-order valence-electron chi connectivity index (χ4n) is 2.23. The van der Waals surface area contributed by atoms with Gasteiger partial charge in [0, 0.05) is 35.9 Å². The average molecular weight is 252 g/mol. The summed E-state index contributed by atoms with van der Waals surface area (Å²) in [7, 11) is 2.06. The summed E-state index contributed by atoms with van der Waals surface area (Å²) in [6.07, 6.45) is 1.83. The number of hydrogen-bond donors (Lipinski definition) is 1. The molecule has 0 bridgehead atoms. The summed E-state index contributed by atoms with van der Waals surface area (Å²) in [5.41, 5.74) is 9.75. The van der Waals surface area contributed by atoms with E-state index in [1.807, 2.05) is 48.7 Å². The molecule has 0 spiro atoms. The second-order valence-electron chi connectivity index (χ2n) is 4.70. The molecule has 0 radical (unpaired) electrons. The van der Waals surface area contributed by atoms with Crippen molar-refractivity contribution in [1.82, 2.24) is 0 Å². The highest BCUT2D eigenvalue weighted by atomic mass is 16.3. The Bertz CT molecular complexity index is 685. The normalized spacial score (nSPS) is 10.8. The van der Waals surface area contributed by atoms with Crippen LogP contribution in [0.4, 0.5) is 11.4 Å². The lowest BCUT2D eigenvalue weighted by Crippen LogP contribution is -2.15. The van der Waals surface area contributed by atoms with Gasteiger partial charge in [0.05, 0.1) is 6.26 Å². The topological polar surface area (TPSA) is 42.4 Å². The number of hydrogen-bond acceptors (Lipinski definition) is 3. The second kappa shape index (κ2) is 4.69. The Morgan fingerprint density at radius 2 is 1.79 bits per heavy atom. The first-order valence-corrected chi connectivity index (χ1v) is 6.26. The highest BCUT2D eigenvalue weighted by Gasteiger charge is 2.08. The van der Waals surface area contributed by atoms with Crippen molar-refractivity contribution in [2.75, 3.05) is 17.7 Å². The molecule has 3 rings (SSSR count). The van der Waals surface area contributed by atoms with Crippen LogP contribution in [0.3, 0.4) is 0 Å². The van der Waals surface area contributed by atoms with Crippen LogP contribution in [0.2, 0.25) is 0 Å². The molecule has 0 atom stereocenters. The van der Waals surface area contributed by atoms with Crippen molar-refractivity contribution in [3.63, 3.8) is 0 Å². The zero-order chi connectivity index (χ0) is 13.2. The average Bonchev–Trinajstić information content (AvgIpc) is 2.83. The highest BCUT2D eigenvalue weighted by Crippen LogP contribution is 2.24. The lowest BCUT2D eigenvalue weighted by atomic mass is 10.1. The van der Waals surface area contributed by atoms with E-state index in [1.165, 1.54) is 10.9 Å². The van der Waals surface area contributed by atoms with Gasteiger partial charge in [0.15, 0.2) is 0 Å². The SMILES string of the molecule is CN(Cc1coc2ccccc12)c1ccc(N)cc1. The largest absolute Gasteiger partial charge is 0.464 e. The van der Waals surface area contributed by atoms with Crippen LogP contribution in [0, 0.1) is 0 Å². The van der Waals surface area contributed by atoms with Gasteiger partial charge in [-0.3, -0.25) is 0 Å². The Morgan fingerprint density at radius 3 is 2.58 bits per heavy atom. The van der Waals surface area contributed by atoms with E-state index in [0.717, 1.165) is 23.5 Å². The maximum absolute atomic E-state index is 5.70. The molecule has 3 nitrogen and oxygen atoms in total. The van der Waals surface area contributed by atoms with Crippen molar-refractivity contribution in [3.05, 3.63) is 60.4 Å². The van der Waals surface area contributed by atoms with E-state index in [1.54, 1.807) is 0 Å². The first-order chi connectivity index (χ1) is 9.24. The maximum atomic E-state index is 5.70. The number of nitrogens with two attached hydrogens (primary N) is 1. The van der Waals surface area contributed by atoms with Crippen LogP contribution >= 0.6 is 0 Å². The van der Waals surface area contributed by atoms with E-state index < -0.39 is 0 Å². The summed E-state index contributed by atoms with van der Waals surface area (Å²) in [6.45, 7) is 0.806. The molecule has 3 aromatic rings. The van der Waals surface area contributed by atoms with E-state index >= 15 is 0 Å². The molecule has 0 amide bonds. The molecule has 1 heterocycles. The number of benzene rings is 2. The summed E-state index contributed by atoms with van der Waals surface area (Å²) < 4.78 is 5.56. The third kappa shape index (κ3) is 2.27. The van der Waals surface area contributed by atoms with Gasteiger partial charge in [-0.05, 0) is 30.3 Å². The quantitative estimate of drug-likeness (QED) is 0.723.